The molecule has 0 bridgehead atoms. The zero-order valence-corrected chi connectivity index (χ0v) is 14.2. The summed E-state index contributed by atoms with van der Waals surface area (Å²) in [5.41, 5.74) is 2.93. The molecule has 1 aromatic carbocycles. The number of rotatable bonds is 6. The van der Waals surface area contributed by atoms with Crippen molar-refractivity contribution in [3.63, 3.8) is 0 Å². The highest BCUT2D eigenvalue weighted by Crippen LogP contribution is 2.26. The van der Waals surface area contributed by atoms with Crippen molar-refractivity contribution in [1.82, 2.24) is 15.3 Å². The van der Waals surface area contributed by atoms with Crippen LogP contribution in [-0.4, -0.2) is 9.97 Å². The molecule has 3 aromatic rings. The number of hydrogen-bond donors (Lipinski definition) is 1. The lowest BCUT2D eigenvalue weighted by molar-refractivity contribution is 0.438. The number of nitrogens with zero attached hydrogens (tertiary/aromatic N) is 2. The van der Waals surface area contributed by atoms with Gasteiger partial charge < -0.3 is 10.1 Å². The summed E-state index contributed by atoms with van der Waals surface area (Å²) >= 11 is 0. The van der Waals surface area contributed by atoms with Crippen molar-refractivity contribution in [2.75, 3.05) is 0 Å². The van der Waals surface area contributed by atoms with Gasteiger partial charge in [-0.15, -0.1) is 0 Å². The van der Waals surface area contributed by atoms with Gasteiger partial charge in [-0.25, -0.2) is 4.39 Å². The van der Waals surface area contributed by atoms with Gasteiger partial charge in [0.1, 0.15) is 5.75 Å². The summed E-state index contributed by atoms with van der Waals surface area (Å²) < 4.78 is 19.8. The molecule has 0 saturated carbocycles. The van der Waals surface area contributed by atoms with E-state index in [4.69, 9.17) is 4.74 Å². The summed E-state index contributed by atoms with van der Waals surface area (Å²) in [6.07, 6.45) is 5.03. The second-order valence-electron chi connectivity index (χ2n) is 5.91. The topological polar surface area (TPSA) is 47.0 Å². The summed E-state index contributed by atoms with van der Waals surface area (Å²) in [6, 6.07) is 12.5. The van der Waals surface area contributed by atoms with E-state index >= 15 is 0 Å². The smallest absolute Gasteiger partial charge is 0.166 e. The first kappa shape index (κ1) is 17.0. The summed E-state index contributed by atoms with van der Waals surface area (Å²) in [7, 11) is 0. The van der Waals surface area contributed by atoms with Crippen LogP contribution in [0.5, 0.6) is 11.5 Å². The zero-order valence-electron chi connectivity index (χ0n) is 14.2. The molecule has 0 aliphatic carbocycles. The van der Waals surface area contributed by atoms with Crippen molar-refractivity contribution in [2.45, 2.75) is 26.4 Å². The Balaban J connectivity index is 1.64. The molecule has 0 radical (unpaired) electrons. The van der Waals surface area contributed by atoms with Crippen molar-refractivity contribution >= 4 is 0 Å². The van der Waals surface area contributed by atoms with Crippen LogP contribution in [0, 0.1) is 12.7 Å². The third-order valence-corrected chi connectivity index (χ3v) is 3.88. The normalized spacial score (nSPS) is 12.0. The molecule has 1 unspecified atom stereocenters. The molecule has 0 fully saturated rings. The maximum atomic E-state index is 14.3. The molecule has 1 atom stereocenters. The minimum absolute atomic E-state index is 0.00922. The largest absolute Gasteiger partial charge is 0.453 e. The standard InChI is InChI=1S/C20H20FN3O/c1-14-5-7-17(24-11-14)12-23-15(2)16-6-8-20(19(21)10-16)25-18-4-3-9-22-13-18/h3-11,13,15,23H,12H2,1-2H3. The van der Waals surface area contributed by atoms with Crippen LogP contribution in [0.2, 0.25) is 0 Å². The molecule has 0 amide bonds. The predicted octanol–water partition coefficient (Wildman–Crippen LogP) is 4.57. The van der Waals surface area contributed by atoms with Gasteiger partial charge in [0.25, 0.3) is 0 Å². The lowest BCUT2D eigenvalue weighted by atomic mass is 10.1. The number of benzene rings is 1. The number of halogens is 1. The molecule has 2 heterocycles. The molecule has 1 N–H and O–H groups in total. The number of hydrogen-bond acceptors (Lipinski definition) is 4. The van der Waals surface area contributed by atoms with Gasteiger partial charge >= 0.3 is 0 Å². The highest BCUT2D eigenvalue weighted by molar-refractivity contribution is 5.34. The minimum atomic E-state index is -0.400. The number of nitrogens with one attached hydrogen (secondary N) is 1. The maximum absolute atomic E-state index is 14.3. The fourth-order valence-electron chi connectivity index (χ4n) is 2.38. The van der Waals surface area contributed by atoms with Gasteiger partial charge in [0.05, 0.1) is 11.9 Å². The first-order chi connectivity index (χ1) is 12.1. The van der Waals surface area contributed by atoms with Gasteiger partial charge in [-0.2, -0.15) is 0 Å². The second kappa shape index (κ2) is 7.85. The highest BCUT2D eigenvalue weighted by atomic mass is 19.1. The second-order valence-corrected chi connectivity index (χ2v) is 5.91. The van der Waals surface area contributed by atoms with Gasteiger partial charge in [-0.3, -0.25) is 9.97 Å². The SMILES string of the molecule is Cc1ccc(CNC(C)c2ccc(Oc3cccnc3)c(F)c2)nc1. The van der Waals surface area contributed by atoms with Crippen LogP contribution >= 0.6 is 0 Å². The molecule has 5 heteroatoms. The Morgan fingerprint density at radius 2 is 2.04 bits per heavy atom. The Morgan fingerprint density at radius 3 is 2.72 bits per heavy atom. The zero-order chi connectivity index (χ0) is 17.6. The molecule has 25 heavy (non-hydrogen) atoms. The Hall–Kier alpha value is -2.79. The van der Waals surface area contributed by atoms with Gasteiger partial charge in [-0.05, 0) is 55.3 Å². The molecule has 0 spiro atoms. The molecule has 128 valence electrons. The first-order valence-corrected chi connectivity index (χ1v) is 8.14. The van der Waals surface area contributed by atoms with E-state index in [9.17, 15) is 4.39 Å². The van der Waals surface area contributed by atoms with E-state index in [0.717, 1.165) is 16.8 Å². The Labute approximate surface area is 146 Å². The molecule has 0 aliphatic heterocycles. The molecule has 4 nitrogen and oxygen atoms in total. The summed E-state index contributed by atoms with van der Waals surface area (Å²) in [4.78, 5) is 8.31. The van der Waals surface area contributed by atoms with E-state index in [1.807, 2.05) is 38.2 Å². The van der Waals surface area contributed by atoms with E-state index in [1.54, 1.807) is 30.6 Å². The Kier molecular flexibility index (Phi) is 5.36. The third kappa shape index (κ3) is 4.61. The monoisotopic (exact) mass is 337 g/mol. The number of pyridine rings is 2. The van der Waals surface area contributed by atoms with Crippen LogP contribution in [0.15, 0.2) is 61.1 Å². The molecule has 0 aliphatic rings. The summed E-state index contributed by atoms with van der Waals surface area (Å²) in [6.45, 7) is 4.62. The van der Waals surface area contributed by atoms with Gasteiger partial charge in [0.15, 0.2) is 11.6 Å². The molecule has 2 aromatic heterocycles. The van der Waals surface area contributed by atoms with Gasteiger partial charge in [0, 0.05) is 25.0 Å². The highest BCUT2D eigenvalue weighted by Gasteiger charge is 2.11. The van der Waals surface area contributed by atoms with Crippen molar-refractivity contribution in [3.05, 3.63) is 83.7 Å². The Bertz CT molecular complexity index is 822. The average molecular weight is 337 g/mol. The van der Waals surface area contributed by atoms with E-state index in [2.05, 4.69) is 15.3 Å². The summed E-state index contributed by atoms with van der Waals surface area (Å²) in [5, 5.41) is 3.35. The fourth-order valence-corrected chi connectivity index (χ4v) is 2.38. The van der Waals surface area contributed by atoms with Crippen LogP contribution in [0.3, 0.4) is 0 Å². The van der Waals surface area contributed by atoms with E-state index in [1.165, 1.54) is 6.07 Å². The Morgan fingerprint density at radius 1 is 1.16 bits per heavy atom. The maximum Gasteiger partial charge on any atom is 0.166 e. The van der Waals surface area contributed by atoms with Crippen molar-refractivity contribution in [3.8, 4) is 11.5 Å². The third-order valence-electron chi connectivity index (χ3n) is 3.88. The summed E-state index contributed by atoms with van der Waals surface area (Å²) in [5.74, 6) is 0.290. The van der Waals surface area contributed by atoms with Crippen molar-refractivity contribution < 1.29 is 9.13 Å². The average Bonchev–Trinajstić information content (AvgIpc) is 2.63. The minimum Gasteiger partial charge on any atom is -0.453 e. The fraction of sp³-hybridized carbons (Fsp3) is 0.200. The number of aromatic nitrogens is 2. The number of aryl methyl sites for hydroxylation is 1. The van der Waals surface area contributed by atoms with Crippen molar-refractivity contribution in [1.29, 1.82) is 0 Å². The predicted molar refractivity (Wildman–Crippen MR) is 94.9 cm³/mol. The lowest BCUT2D eigenvalue weighted by Gasteiger charge is -2.15. The van der Waals surface area contributed by atoms with Crippen LogP contribution < -0.4 is 10.1 Å². The number of ether oxygens (including phenoxy) is 1. The van der Waals surface area contributed by atoms with Crippen LogP contribution in [0.25, 0.3) is 0 Å². The molecule has 0 saturated heterocycles. The molecule has 3 rings (SSSR count). The first-order valence-electron chi connectivity index (χ1n) is 8.14. The van der Waals surface area contributed by atoms with E-state index in [-0.39, 0.29) is 11.8 Å². The van der Waals surface area contributed by atoms with Crippen LogP contribution in [0.4, 0.5) is 4.39 Å². The quantitative estimate of drug-likeness (QED) is 0.716. The van der Waals surface area contributed by atoms with Crippen molar-refractivity contribution in [2.24, 2.45) is 0 Å². The van der Waals surface area contributed by atoms with Gasteiger partial charge in [0.2, 0.25) is 0 Å². The molecular weight excluding hydrogens is 317 g/mol. The molecular formula is C20H20FN3O. The lowest BCUT2D eigenvalue weighted by Crippen LogP contribution is -2.18. The van der Waals surface area contributed by atoms with Crippen LogP contribution in [0.1, 0.15) is 29.8 Å². The van der Waals surface area contributed by atoms with E-state index in [0.29, 0.717) is 12.3 Å². The van der Waals surface area contributed by atoms with E-state index < -0.39 is 5.82 Å². The van der Waals surface area contributed by atoms with Gasteiger partial charge in [-0.1, -0.05) is 12.1 Å². The van der Waals surface area contributed by atoms with Crippen LogP contribution in [-0.2, 0) is 6.54 Å².